The molecular formula is C12H21N2O2+. The summed E-state index contributed by atoms with van der Waals surface area (Å²) in [6.07, 6.45) is 7.76. The molecule has 0 atom stereocenters. The Morgan fingerprint density at radius 3 is 1.19 bits per heavy atom. The highest BCUT2D eigenvalue weighted by Gasteiger charge is 2.20. The van der Waals surface area contributed by atoms with Crippen LogP contribution in [0.3, 0.4) is 0 Å². The topological polar surface area (TPSA) is 49.7 Å². The first-order chi connectivity index (χ1) is 7.66. The summed E-state index contributed by atoms with van der Waals surface area (Å²) in [6.45, 7) is 18.8. The van der Waals surface area contributed by atoms with Crippen LogP contribution in [0.25, 0.3) is 0 Å². The van der Waals surface area contributed by atoms with Gasteiger partial charge in [0.15, 0.2) is 5.34 Å². The third-order valence-corrected chi connectivity index (χ3v) is 2.07. The molecule has 0 aromatic carbocycles. The maximum atomic E-state index is 8.11. The minimum atomic E-state index is 0.903. The van der Waals surface area contributed by atoms with Crippen molar-refractivity contribution < 1.29 is 9.69 Å². The van der Waals surface area contributed by atoms with Crippen LogP contribution in [0, 0.1) is 4.91 Å². The van der Waals surface area contributed by atoms with Crippen LogP contribution in [0.5, 0.6) is 0 Å². The van der Waals surface area contributed by atoms with Crippen molar-refractivity contribution in [3.05, 3.63) is 55.5 Å². The molecule has 0 amide bonds. The van der Waals surface area contributed by atoms with Gasteiger partial charge in [0.25, 0.3) is 0 Å². The predicted octanol–water partition coefficient (Wildman–Crippen LogP) is 2.69. The van der Waals surface area contributed by atoms with Crippen molar-refractivity contribution in [2.45, 2.75) is 0 Å². The molecular weight excluding hydrogens is 204 g/mol. The van der Waals surface area contributed by atoms with Crippen LogP contribution in [0.1, 0.15) is 0 Å². The molecule has 0 unspecified atom stereocenters. The van der Waals surface area contributed by atoms with Crippen LogP contribution < -0.4 is 0 Å². The van der Waals surface area contributed by atoms with Gasteiger partial charge in [-0.05, 0) is 24.3 Å². The second-order valence-corrected chi connectivity index (χ2v) is 3.31. The molecule has 0 saturated carbocycles. The second kappa shape index (κ2) is 11.4. The lowest BCUT2D eigenvalue weighted by Crippen LogP contribution is -2.48. The van der Waals surface area contributed by atoms with E-state index in [4.69, 9.17) is 10.1 Å². The molecule has 90 valence electrons. The van der Waals surface area contributed by atoms with Gasteiger partial charge in [-0.25, -0.2) is 0 Å². The van der Waals surface area contributed by atoms with Gasteiger partial charge in [-0.15, -0.1) is 4.91 Å². The third-order valence-electron chi connectivity index (χ3n) is 2.07. The predicted molar refractivity (Wildman–Crippen MR) is 68.1 cm³/mol. The van der Waals surface area contributed by atoms with Gasteiger partial charge < -0.3 is 9.69 Å². The minimum Gasteiger partial charge on any atom is -0.379 e. The Kier molecular flexibility index (Phi) is 11.9. The second-order valence-electron chi connectivity index (χ2n) is 3.31. The fraction of sp³-hybridized carbons (Fsp3) is 0.333. The minimum absolute atomic E-state index is 0.903. The number of hydrogen-bond acceptors (Lipinski definition) is 2. The van der Waals surface area contributed by atoms with Gasteiger partial charge in [0, 0.05) is 0 Å². The lowest BCUT2D eigenvalue weighted by Gasteiger charge is -2.35. The molecule has 0 rings (SSSR count). The first-order valence-electron chi connectivity index (χ1n) is 4.91. The Morgan fingerprint density at radius 1 is 0.875 bits per heavy atom. The zero-order chi connectivity index (χ0) is 12.9. The number of rotatable bonds is 8. The van der Waals surface area contributed by atoms with Gasteiger partial charge in [0.2, 0.25) is 0 Å². The van der Waals surface area contributed by atoms with E-state index >= 15 is 0 Å². The molecule has 0 aliphatic rings. The lowest BCUT2D eigenvalue weighted by molar-refractivity contribution is -0.906. The first kappa shape index (κ1) is 16.7. The highest BCUT2D eigenvalue weighted by atomic mass is 16.6. The van der Waals surface area contributed by atoms with Gasteiger partial charge in [-0.1, -0.05) is 26.3 Å². The van der Waals surface area contributed by atoms with Crippen molar-refractivity contribution >= 4 is 0 Å². The van der Waals surface area contributed by atoms with E-state index in [2.05, 4.69) is 26.3 Å². The standard InChI is InChI=1S/C12H20N.HNO2/c1-5-9-13(10-6-2,11-7-3)12-8-4;2-1-3/h5-8H,1-4,9-12H2;(H,2,3)/q+1;. The normalized spacial score (nSPS) is 9.25. The third kappa shape index (κ3) is 7.70. The average Bonchev–Trinajstić information content (AvgIpc) is 2.20. The quantitative estimate of drug-likeness (QED) is 0.299. The Morgan fingerprint density at radius 2 is 1.06 bits per heavy atom. The molecule has 0 aliphatic heterocycles. The van der Waals surface area contributed by atoms with E-state index in [1.807, 2.05) is 24.3 Å². The van der Waals surface area contributed by atoms with Crippen molar-refractivity contribution in [3.8, 4) is 0 Å². The molecule has 16 heavy (non-hydrogen) atoms. The molecule has 0 spiro atoms. The number of hydrogen-bond donors (Lipinski definition) is 1. The maximum Gasteiger partial charge on any atom is 0.152 e. The maximum absolute atomic E-state index is 8.11. The summed E-state index contributed by atoms with van der Waals surface area (Å²) in [5.74, 6) is 0. The van der Waals surface area contributed by atoms with Gasteiger partial charge in [-0.3, -0.25) is 0 Å². The van der Waals surface area contributed by atoms with Gasteiger partial charge in [-0.2, -0.15) is 0 Å². The fourth-order valence-electron chi connectivity index (χ4n) is 1.54. The van der Waals surface area contributed by atoms with Crippen LogP contribution in [0.4, 0.5) is 0 Å². The molecule has 0 aromatic heterocycles. The fourth-order valence-corrected chi connectivity index (χ4v) is 1.54. The van der Waals surface area contributed by atoms with E-state index in [0.29, 0.717) is 0 Å². The average molecular weight is 225 g/mol. The van der Waals surface area contributed by atoms with Crippen LogP contribution in [-0.4, -0.2) is 35.9 Å². The van der Waals surface area contributed by atoms with Gasteiger partial charge in [0.1, 0.15) is 0 Å². The first-order valence-corrected chi connectivity index (χ1v) is 4.91. The molecule has 0 aromatic rings. The summed E-state index contributed by atoms with van der Waals surface area (Å²) in [7, 11) is 0. The van der Waals surface area contributed by atoms with E-state index in [-0.39, 0.29) is 0 Å². The van der Waals surface area contributed by atoms with Crippen molar-refractivity contribution in [2.75, 3.05) is 26.2 Å². The van der Waals surface area contributed by atoms with Gasteiger partial charge in [0.05, 0.1) is 26.2 Å². The number of quaternary nitrogens is 1. The van der Waals surface area contributed by atoms with Crippen LogP contribution >= 0.6 is 0 Å². The monoisotopic (exact) mass is 225 g/mol. The lowest BCUT2D eigenvalue weighted by atomic mass is 10.3. The van der Waals surface area contributed by atoms with Crippen LogP contribution in [0.2, 0.25) is 0 Å². The summed E-state index contributed by atoms with van der Waals surface area (Å²) in [5.41, 5.74) is 0. The van der Waals surface area contributed by atoms with Gasteiger partial charge >= 0.3 is 0 Å². The molecule has 0 fully saturated rings. The van der Waals surface area contributed by atoms with Crippen molar-refractivity contribution in [1.82, 2.24) is 0 Å². The van der Waals surface area contributed by atoms with E-state index in [1.54, 1.807) is 0 Å². The summed E-state index contributed by atoms with van der Waals surface area (Å²) in [4.78, 5) is 8.11. The Hall–Kier alpha value is -1.68. The zero-order valence-electron chi connectivity index (χ0n) is 9.72. The highest BCUT2D eigenvalue weighted by molar-refractivity contribution is 4.79. The van der Waals surface area contributed by atoms with E-state index in [1.165, 1.54) is 5.34 Å². The molecule has 0 saturated heterocycles. The zero-order valence-corrected chi connectivity index (χ0v) is 9.72. The summed E-state index contributed by atoms with van der Waals surface area (Å²) in [5, 5.41) is 7.89. The molecule has 0 heterocycles. The Balaban J connectivity index is 0. The van der Waals surface area contributed by atoms with E-state index < -0.39 is 0 Å². The molecule has 4 nitrogen and oxygen atoms in total. The molecule has 1 N–H and O–H groups in total. The largest absolute Gasteiger partial charge is 0.379 e. The van der Waals surface area contributed by atoms with Crippen LogP contribution in [0.15, 0.2) is 56.0 Å². The van der Waals surface area contributed by atoms with Crippen molar-refractivity contribution in [3.63, 3.8) is 0 Å². The van der Waals surface area contributed by atoms with Crippen molar-refractivity contribution in [2.24, 2.45) is 5.34 Å². The SMILES string of the molecule is C=CC[N+](CC=C)(CC=C)CC=C.O=NO. The smallest absolute Gasteiger partial charge is 0.152 e. The van der Waals surface area contributed by atoms with Crippen LogP contribution in [-0.2, 0) is 0 Å². The van der Waals surface area contributed by atoms with Crippen molar-refractivity contribution in [1.29, 1.82) is 0 Å². The van der Waals surface area contributed by atoms with E-state index in [0.717, 1.165) is 30.7 Å². The summed E-state index contributed by atoms with van der Waals surface area (Å²) >= 11 is 0. The molecule has 0 bridgehead atoms. The summed E-state index contributed by atoms with van der Waals surface area (Å²) < 4.78 is 0.903. The Labute approximate surface area is 97.4 Å². The molecule has 0 aliphatic carbocycles. The number of nitrogens with zero attached hydrogens (tertiary/aromatic N) is 2. The summed E-state index contributed by atoms with van der Waals surface area (Å²) in [6, 6.07) is 0. The Bertz CT molecular complexity index is 192. The van der Waals surface area contributed by atoms with E-state index in [9.17, 15) is 0 Å². The highest BCUT2D eigenvalue weighted by Crippen LogP contribution is 2.07. The molecule has 4 heteroatoms. The molecule has 0 radical (unpaired) electrons.